The monoisotopic (exact) mass is 330 g/mol. The standard InChI is InChI=1S/C23H22S/c1-2-3-4-5-6-7-10-17-13-14-20-21-16-18-11-8-9-12-19(18)23(21)24-22(20)15-17/h8-9,11-15H,2-6,16H2,1H3. The first-order chi connectivity index (χ1) is 11.9. The van der Waals surface area contributed by atoms with Gasteiger partial charge in [0, 0.05) is 28.0 Å². The highest BCUT2D eigenvalue weighted by Crippen LogP contribution is 2.46. The maximum Gasteiger partial charge on any atom is 0.0393 e. The summed E-state index contributed by atoms with van der Waals surface area (Å²) in [6, 6.07) is 15.5. The zero-order valence-electron chi connectivity index (χ0n) is 14.2. The molecule has 0 N–H and O–H groups in total. The van der Waals surface area contributed by atoms with Gasteiger partial charge in [-0.1, -0.05) is 68.4 Å². The van der Waals surface area contributed by atoms with Crippen molar-refractivity contribution in [2.24, 2.45) is 0 Å². The Bertz CT molecular complexity index is 934. The van der Waals surface area contributed by atoms with Crippen molar-refractivity contribution in [3.8, 4) is 22.3 Å². The number of unbranched alkanes of at least 4 members (excludes halogenated alkanes) is 4. The van der Waals surface area contributed by atoms with Crippen molar-refractivity contribution in [3.63, 3.8) is 0 Å². The molecule has 1 aromatic heterocycles. The van der Waals surface area contributed by atoms with Crippen LogP contribution in [-0.4, -0.2) is 0 Å². The fraction of sp³-hybridized carbons (Fsp3) is 0.304. The van der Waals surface area contributed by atoms with E-state index in [-0.39, 0.29) is 0 Å². The summed E-state index contributed by atoms with van der Waals surface area (Å²) >= 11 is 1.93. The predicted molar refractivity (Wildman–Crippen MR) is 106 cm³/mol. The Morgan fingerprint density at radius 1 is 1.04 bits per heavy atom. The van der Waals surface area contributed by atoms with Crippen molar-refractivity contribution < 1.29 is 0 Å². The van der Waals surface area contributed by atoms with Gasteiger partial charge < -0.3 is 0 Å². The second kappa shape index (κ2) is 6.83. The molecule has 1 heterocycles. The Morgan fingerprint density at radius 3 is 2.88 bits per heavy atom. The summed E-state index contributed by atoms with van der Waals surface area (Å²) in [5.74, 6) is 6.70. The number of hydrogen-bond acceptors (Lipinski definition) is 1. The van der Waals surface area contributed by atoms with E-state index in [1.54, 1.807) is 0 Å². The molecule has 4 rings (SSSR count). The Hall–Kier alpha value is -2.04. The number of rotatable bonds is 4. The average molecular weight is 330 g/mol. The smallest absolute Gasteiger partial charge is 0.0393 e. The summed E-state index contributed by atoms with van der Waals surface area (Å²) in [4.78, 5) is 1.46. The first-order valence-electron chi connectivity index (χ1n) is 8.99. The molecular weight excluding hydrogens is 308 g/mol. The second-order valence-electron chi connectivity index (χ2n) is 6.57. The molecule has 0 unspecified atom stereocenters. The van der Waals surface area contributed by atoms with Gasteiger partial charge >= 0.3 is 0 Å². The van der Waals surface area contributed by atoms with E-state index >= 15 is 0 Å². The highest BCUT2D eigenvalue weighted by atomic mass is 32.1. The topological polar surface area (TPSA) is 0 Å². The lowest BCUT2D eigenvalue weighted by Gasteiger charge is -1.98. The van der Waals surface area contributed by atoms with E-state index in [0.717, 1.165) is 18.4 Å². The van der Waals surface area contributed by atoms with E-state index in [1.807, 2.05) is 11.3 Å². The molecule has 0 fully saturated rings. The first kappa shape index (κ1) is 15.5. The van der Waals surface area contributed by atoms with Crippen LogP contribution in [0.3, 0.4) is 0 Å². The molecular formula is C23H22S. The largest absolute Gasteiger partial charge is 0.135 e. The Morgan fingerprint density at radius 2 is 1.96 bits per heavy atom. The number of thiophene rings is 1. The fourth-order valence-corrected chi connectivity index (χ4v) is 4.83. The molecule has 0 saturated heterocycles. The van der Waals surface area contributed by atoms with E-state index in [9.17, 15) is 0 Å². The van der Waals surface area contributed by atoms with Gasteiger partial charge in [0.1, 0.15) is 0 Å². The third-order valence-corrected chi connectivity index (χ3v) is 6.04. The molecule has 1 heteroatoms. The van der Waals surface area contributed by atoms with Gasteiger partial charge in [-0.25, -0.2) is 0 Å². The molecule has 1 aliphatic rings. The quantitative estimate of drug-likeness (QED) is 0.285. The summed E-state index contributed by atoms with van der Waals surface area (Å²) in [6.45, 7) is 2.25. The first-order valence-corrected chi connectivity index (χ1v) is 9.81. The van der Waals surface area contributed by atoms with Gasteiger partial charge in [0.25, 0.3) is 0 Å². The molecule has 120 valence electrons. The van der Waals surface area contributed by atoms with Crippen LogP contribution in [0.1, 0.15) is 55.7 Å². The maximum atomic E-state index is 3.35. The average Bonchev–Trinajstić information content (AvgIpc) is 3.13. The molecule has 0 atom stereocenters. The van der Waals surface area contributed by atoms with Gasteiger partial charge in [-0.3, -0.25) is 0 Å². The highest BCUT2D eigenvalue weighted by Gasteiger charge is 2.22. The van der Waals surface area contributed by atoms with Crippen molar-refractivity contribution >= 4 is 21.4 Å². The lowest BCUT2D eigenvalue weighted by atomic mass is 10.1. The lowest BCUT2D eigenvalue weighted by Crippen LogP contribution is -1.81. The minimum absolute atomic E-state index is 1.02. The second-order valence-corrected chi connectivity index (χ2v) is 7.62. The molecule has 0 nitrogen and oxygen atoms in total. The molecule has 0 bridgehead atoms. The van der Waals surface area contributed by atoms with Gasteiger partial charge in [0.2, 0.25) is 0 Å². The molecule has 2 aromatic carbocycles. The third-order valence-electron chi connectivity index (χ3n) is 4.81. The molecule has 0 amide bonds. The molecule has 3 aromatic rings. The van der Waals surface area contributed by atoms with Crippen LogP contribution in [0.5, 0.6) is 0 Å². The SMILES string of the molecule is CCCCCCC#Cc1ccc2c3c(sc2c1)-c1ccccc1C3. The van der Waals surface area contributed by atoms with Gasteiger partial charge in [0.15, 0.2) is 0 Å². The zero-order chi connectivity index (χ0) is 16.4. The van der Waals surface area contributed by atoms with E-state index in [2.05, 4.69) is 61.2 Å². The van der Waals surface area contributed by atoms with E-state index in [0.29, 0.717) is 0 Å². The summed E-state index contributed by atoms with van der Waals surface area (Å²) < 4.78 is 1.38. The van der Waals surface area contributed by atoms with Gasteiger partial charge in [-0.05, 0) is 40.6 Å². The summed E-state index contributed by atoms with van der Waals surface area (Å²) in [5, 5.41) is 1.42. The van der Waals surface area contributed by atoms with Crippen LogP contribution in [-0.2, 0) is 6.42 Å². The molecule has 1 aliphatic carbocycles. The normalized spacial score (nSPS) is 11.9. The number of benzene rings is 2. The van der Waals surface area contributed by atoms with Crippen molar-refractivity contribution in [1.29, 1.82) is 0 Å². The molecule has 0 saturated carbocycles. The van der Waals surface area contributed by atoms with Crippen LogP contribution in [0.2, 0.25) is 0 Å². The lowest BCUT2D eigenvalue weighted by molar-refractivity contribution is 0.679. The minimum atomic E-state index is 1.02. The van der Waals surface area contributed by atoms with Crippen LogP contribution in [0.15, 0.2) is 42.5 Å². The number of fused-ring (bicyclic) bond motifs is 5. The predicted octanol–water partition coefficient (Wildman–Crippen LogP) is 6.79. The molecule has 24 heavy (non-hydrogen) atoms. The summed E-state index contributed by atoms with van der Waals surface area (Å²) in [6.07, 6.45) is 7.25. The molecule has 0 spiro atoms. The van der Waals surface area contributed by atoms with Crippen LogP contribution in [0.25, 0.3) is 20.5 Å². The van der Waals surface area contributed by atoms with Gasteiger partial charge in [-0.15, -0.1) is 11.3 Å². The van der Waals surface area contributed by atoms with E-state index in [1.165, 1.54) is 57.3 Å². The van der Waals surface area contributed by atoms with Crippen molar-refractivity contribution in [2.45, 2.75) is 45.4 Å². The van der Waals surface area contributed by atoms with Gasteiger partial charge in [0.05, 0.1) is 0 Å². The Balaban J connectivity index is 1.57. The van der Waals surface area contributed by atoms with Crippen LogP contribution >= 0.6 is 11.3 Å². The highest BCUT2D eigenvalue weighted by molar-refractivity contribution is 7.22. The Labute approximate surface area is 148 Å². The van der Waals surface area contributed by atoms with Crippen LogP contribution in [0, 0.1) is 11.8 Å². The van der Waals surface area contributed by atoms with E-state index in [4.69, 9.17) is 0 Å². The van der Waals surface area contributed by atoms with Crippen molar-refractivity contribution in [1.82, 2.24) is 0 Å². The van der Waals surface area contributed by atoms with Gasteiger partial charge in [-0.2, -0.15) is 0 Å². The summed E-state index contributed by atoms with van der Waals surface area (Å²) in [5.41, 5.74) is 5.57. The van der Waals surface area contributed by atoms with Crippen LogP contribution in [0.4, 0.5) is 0 Å². The zero-order valence-corrected chi connectivity index (χ0v) is 15.0. The molecule has 0 aliphatic heterocycles. The van der Waals surface area contributed by atoms with Crippen LogP contribution < -0.4 is 0 Å². The van der Waals surface area contributed by atoms with E-state index < -0.39 is 0 Å². The maximum absolute atomic E-state index is 3.35. The Kier molecular flexibility index (Phi) is 4.41. The van der Waals surface area contributed by atoms with Crippen molar-refractivity contribution in [3.05, 3.63) is 59.2 Å². The number of hydrogen-bond donors (Lipinski definition) is 0. The molecule has 0 radical (unpaired) electrons. The third kappa shape index (κ3) is 2.87. The van der Waals surface area contributed by atoms with Crippen molar-refractivity contribution in [2.75, 3.05) is 0 Å². The summed E-state index contributed by atoms with van der Waals surface area (Å²) in [7, 11) is 0. The fourth-order valence-electron chi connectivity index (χ4n) is 3.51. The minimum Gasteiger partial charge on any atom is -0.135 e.